The molecule has 0 amide bonds. The molecule has 6 N–H and O–H groups in total. The zero-order chi connectivity index (χ0) is 9.00. The second kappa shape index (κ2) is 8.90. The Labute approximate surface area is 91.3 Å². The van der Waals surface area contributed by atoms with Crippen LogP contribution < -0.4 is 18.9 Å². The molecule has 0 saturated carbocycles. The third-order valence-electron chi connectivity index (χ3n) is 0. The van der Waals surface area contributed by atoms with Gasteiger partial charge in [0, 0.05) is 16.8 Å². The summed E-state index contributed by atoms with van der Waals surface area (Å²) in [6, 6.07) is 0. The van der Waals surface area contributed by atoms with Crippen LogP contribution in [0.25, 0.3) is 0 Å². The van der Waals surface area contributed by atoms with Crippen molar-refractivity contribution in [2.45, 2.75) is 0 Å². The van der Waals surface area contributed by atoms with Crippen molar-refractivity contribution in [3.8, 4) is 0 Å². The summed E-state index contributed by atoms with van der Waals surface area (Å²) in [7, 11) is -9.28. The van der Waals surface area contributed by atoms with Crippen LogP contribution in [0.3, 0.4) is 0 Å². The fourth-order valence-corrected chi connectivity index (χ4v) is 0. The van der Waals surface area contributed by atoms with Crippen LogP contribution in [0.2, 0.25) is 0 Å². The molecule has 0 spiro atoms. The molecule has 0 heterocycles. The third-order valence-corrected chi connectivity index (χ3v) is 0. The summed E-state index contributed by atoms with van der Waals surface area (Å²) < 4.78 is 17.8. The molecular weight excluding hydrogens is 256 g/mol. The van der Waals surface area contributed by atoms with Gasteiger partial charge < -0.3 is 30.8 Å². The Morgan fingerprint density at radius 3 is 0.750 bits per heavy atom. The Bertz CT molecular complexity index is 134. The van der Waals surface area contributed by atoms with Gasteiger partial charge in [-0.25, -0.2) is 9.13 Å². The standard InChI is InChI=1S/Co.Li.2H3O4P.H/c;;2*1-5(2,3)4;/h;;2*(H3,1,2,3,4);/q;+1;;;-1. The topological polar surface area (TPSA) is 156 Å². The summed E-state index contributed by atoms with van der Waals surface area (Å²) in [5.74, 6) is 0. The molecule has 12 heavy (non-hydrogen) atoms. The Hall–Kier alpha value is 1.32. The fraction of sp³-hybridized carbons (Fsp3) is 0. The van der Waals surface area contributed by atoms with E-state index in [2.05, 4.69) is 0 Å². The minimum absolute atomic E-state index is 0. The van der Waals surface area contributed by atoms with Gasteiger partial charge in [0.25, 0.3) is 0 Å². The number of rotatable bonds is 0. The zero-order valence-corrected chi connectivity index (χ0v) is 8.56. The van der Waals surface area contributed by atoms with Crippen molar-refractivity contribution in [2.24, 2.45) is 0 Å². The number of hydrogen-bond donors (Lipinski definition) is 6. The van der Waals surface area contributed by atoms with E-state index >= 15 is 0 Å². The second-order valence-corrected chi connectivity index (χ2v) is 3.08. The van der Waals surface area contributed by atoms with Crippen molar-refractivity contribution in [1.29, 1.82) is 0 Å². The molecule has 0 aromatic carbocycles. The average molecular weight is 263 g/mol. The Morgan fingerprint density at radius 2 is 0.750 bits per heavy atom. The summed E-state index contributed by atoms with van der Waals surface area (Å²) in [5, 5.41) is 0. The van der Waals surface area contributed by atoms with E-state index in [1.165, 1.54) is 0 Å². The molecule has 1 radical (unpaired) electrons. The molecule has 0 aromatic rings. The summed E-state index contributed by atoms with van der Waals surface area (Å²) >= 11 is 0. The number of hydrogen-bond acceptors (Lipinski definition) is 2. The molecule has 0 aromatic heterocycles. The molecule has 0 aliphatic rings. The van der Waals surface area contributed by atoms with Crippen molar-refractivity contribution in [2.75, 3.05) is 0 Å². The van der Waals surface area contributed by atoms with Crippen LogP contribution in [-0.4, -0.2) is 29.4 Å². The van der Waals surface area contributed by atoms with Crippen molar-refractivity contribution < 1.29 is 75.6 Å². The largest absolute Gasteiger partial charge is 1.00 e. The molecule has 0 aliphatic carbocycles. The summed E-state index contributed by atoms with van der Waals surface area (Å²) in [5.41, 5.74) is 0. The van der Waals surface area contributed by atoms with Crippen LogP contribution in [0, 0.1) is 0 Å². The first-order valence-electron chi connectivity index (χ1n) is 1.57. The van der Waals surface area contributed by atoms with E-state index in [0.29, 0.717) is 0 Å². The first-order valence-corrected chi connectivity index (χ1v) is 4.70. The van der Waals surface area contributed by atoms with E-state index in [-0.39, 0.29) is 37.1 Å². The van der Waals surface area contributed by atoms with Crippen LogP contribution in [0.15, 0.2) is 0 Å². The van der Waals surface area contributed by atoms with E-state index in [1.807, 2.05) is 0 Å². The van der Waals surface area contributed by atoms with Gasteiger partial charge in [-0.15, -0.1) is 0 Å². The van der Waals surface area contributed by atoms with Crippen LogP contribution in [0.5, 0.6) is 0 Å². The van der Waals surface area contributed by atoms with Crippen molar-refractivity contribution >= 4 is 15.6 Å². The molecule has 12 heteroatoms. The molecule has 0 fully saturated rings. The Balaban J connectivity index is -0.0000000267. The molecule has 0 saturated heterocycles. The van der Waals surface area contributed by atoms with Crippen LogP contribution in [-0.2, 0) is 25.9 Å². The molecular formula is H7CoLiO8P2. The minimum Gasteiger partial charge on any atom is -1.00 e. The number of phosphoric acid groups is 2. The molecule has 0 rings (SSSR count). The van der Waals surface area contributed by atoms with Gasteiger partial charge in [0.2, 0.25) is 0 Å². The molecule has 0 bridgehead atoms. The van der Waals surface area contributed by atoms with Crippen LogP contribution in [0.4, 0.5) is 0 Å². The van der Waals surface area contributed by atoms with Gasteiger partial charge in [-0.1, -0.05) is 0 Å². The SMILES string of the molecule is O=P(O)(O)O.O=P(O)(O)O.[Co].[H-].[Li+]. The quantitative estimate of drug-likeness (QED) is 0.188. The van der Waals surface area contributed by atoms with E-state index in [9.17, 15) is 0 Å². The molecule has 75 valence electrons. The van der Waals surface area contributed by atoms with Crippen molar-refractivity contribution in [3.05, 3.63) is 0 Å². The van der Waals surface area contributed by atoms with Gasteiger partial charge >= 0.3 is 34.5 Å². The average Bonchev–Trinajstić information content (AvgIpc) is 1.12. The first-order chi connectivity index (χ1) is 4.00. The molecule has 0 atom stereocenters. The minimum atomic E-state index is -4.64. The van der Waals surface area contributed by atoms with Gasteiger partial charge in [-0.2, -0.15) is 0 Å². The third kappa shape index (κ3) is 689. The summed E-state index contributed by atoms with van der Waals surface area (Å²) in [6.45, 7) is 0. The first kappa shape index (κ1) is 23.3. The van der Waals surface area contributed by atoms with Gasteiger partial charge in [-0.05, 0) is 0 Å². The van der Waals surface area contributed by atoms with E-state index in [1.54, 1.807) is 0 Å². The fourth-order valence-electron chi connectivity index (χ4n) is 0. The Kier molecular flexibility index (Phi) is 17.3. The van der Waals surface area contributed by atoms with E-state index in [4.69, 9.17) is 38.5 Å². The van der Waals surface area contributed by atoms with Crippen molar-refractivity contribution in [1.82, 2.24) is 0 Å². The maximum atomic E-state index is 8.88. The predicted molar refractivity (Wildman–Crippen MR) is 29.6 cm³/mol. The van der Waals surface area contributed by atoms with Crippen LogP contribution in [0.1, 0.15) is 1.43 Å². The maximum Gasteiger partial charge on any atom is 1.00 e. The predicted octanol–water partition coefficient (Wildman–Crippen LogP) is -4.74. The Morgan fingerprint density at radius 1 is 0.750 bits per heavy atom. The smallest absolute Gasteiger partial charge is 1.00 e. The second-order valence-electron chi connectivity index (χ2n) is 1.03. The maximum absolute atomic E-state index is 8.88. The summed E-state index contributed by atoms with van der Waals surface area (Å²) in [4.78, 5) is 43.1. The zero-order valence-electron chi connectivity index (χ0n) is 6.73. The van der Waals surface area contributed by atoms with E-state index in [0.717, 1.165) is 0 Å². The van der Waals surface area contributed by atoms with Gasteiger partial charge in [0.1, 0.15) is 0 Å². The van der Waals surface area contributed by atoms with Crippen LogP contribution >= 0.6 is 15.6 Å². The van der Waals surface area contributed by atoms with Gasteiger partial charge in [0.05, 0.1) is 0 Å². The monoisotopic (exact) mass is 263 g/mol. The molecule has 0 unspecified atom stereocenters. The van der Waals surface area contributed by atoms with Gasteiger partial charge in [-0.3, -0.25) is 0 Å². The molecule has 0 aliphatic heterocycles. The van der Waals surface area contributed by atoms with Gasteiger partial charge in [0.15, 0.2) is 0 Å². The van der Waals surface area contributed by atoms with Crippen molar-refractivity contribution in [3.63, 3.8) is 0 Å². The normalized spacial score (nSPS) is 9.83. The van der Waals surface area contributed by atoms with E-state index < -0.39 is 15.6 Å². The molecule has 8 nitrogen and oxygen atoms in total. The summed E-state index contributed by atoms with van der Waals surface area (Å²) in [6.07, 6.45) is 0.